The van der Waals surface area contributed by atoms with Crippen LogP contribution in [0.15, 0.2) is 24.3 Å². The Morgan fingerprint density at radius 2 is 1.70 bits per heavy atom. The summed E-state index contributed by atoms with van der Waals surface area (Å²) in [5.41, 5.74) is 2.86. The van der Waals surface area contributed by atoms with Crippen molar-refractivity contribution in [2.24, 2.45) is 5.92 Å². The first-order valence-electron chi connectivity index (χ1n) is 11.1. The highest BCUT2D eigenvalue weighted by Crippen LogP contribution is 2.34. The molecule has 0 spiro atoms. The first-order valence-corrected chi connectivity index (χ1v) is 11.1. The molecule has 2 aliphatic carbocycles. The molecule has 2 aliphatic rings. The Kier molecular flexibility index (Phi) is 7.72. The van der Waals surface area contributed by atoms with Crippen LogP contribution in [-0.2, 0) is 16.0 Å². The molecule has 3 rings (SSSR count). The maximum Gasteiger partial charge on any atom is 0.340 e. The molecular formula is C24H35FO2. The van der Waals surface area contributed by atoms with E-state index < -0.39 is 12.1 Å². The Balaban J connectivity index is 1.42. The highest BCUT2D eigenvalue weighted by atomic mass is 19.1. The van der Waals surface area contributed by atoms with Crippen molar-refractivity contribution >= 4 is 5.97 Å². The van der Waals surface area contributed by atoms with E-state index in [1.807, 2.05) is 0 Å². The molecule has 0 unspecified atom stereocenters. The highest BCUT2D eigenvalue weighted by molar-refractivity contribution is 5.74. The number of aryl methyl sites for hydroxylation is 1. The van der Waals surface area contributed by atoms with Gasteiger partial charge < -0.3 is 4.74 Å². The van der Waals surface area contributed by atoms with Crippen LogP contribution in [0.1, 0.15) is 94.6 Å². The number of benzene rings is 1. The number of esters is 1. The lowest BCUT2D eigenvalue weighted by atomic mass is 9.82. The molecule has 0 radical (unpaired) electrons. The molecule has 1 aromatic carbocycles. The minimum absolute atomic E-state index is 0.103. The summed E-state index contributed by atoms with van der Waals surface area (Å²) >= 11 is 0. The van der Waals surface area contributed by atoms with E-state index in [2.05, 4.69) is 24.3 Å². The number of hydrogen-bond donors (Lipinski definition) is 0. The smallest absolute Gasteiger partial charge is 0.340 e. The van der Waals surface area contributed by atoms with Crippen molar-refractivity contribution in [3.05, 3.63) is 35.4 Å². The van der Waals surface area contributed by atoms with E-state index in [0.29, 0.717) is 5.92 Å². The van der Waals surface area contributed by atoms with Crippen LogP contribution in [0.2, 0.25) is 0 Å². The van der Waals surface area contributed by atoms with Gasteiger partial charge in [-0.15, -0.1) is 0 Å². The molecule has 0 saturated heterocycles. The summed E-state index contributed by atoms with van der Waals surface area (Å²) in [5, 5.41) is 0. The molecule has 27 heavy (non-hydrogen) atoms. The minimum Gasteiger partial charge on any atom is -0.460 e. The fraction of sp³-hybridized carbons (Fsp3) is 0.708. The van der Waals surface area contributed by atoms with Gasteiger partial charge in [-0.25, -0.2) is 9.18 Å². The van der Waals surface area contributed by atoms with Gasteiger partial charge in [-0.05, 0) is 67.9 Å². The van der Waals surface area contributed by atoms with Gasteiger partial charge in [0.2, 0.25) is 0 Å². The fourth-order valence-electron chi connectivity index (χ4n) is 4.72. The van der Waals surface area contributed by atoms with Crippen LogP contribution in [0.3, 0.4) is 0 Å². The first kappa shape index (κ1) is 20.4. The zero-order valence-electron chi connectivity index (χ0n) is 16.8. The standard InChI is InChI=1S/C24H35FO2/c1-2-23(25)24(26)27-22-16-14-21(15-17-22)20-12-10-19(11-13-20)9-8-18-6-4-3-5-7-18/h10-13,18,21-23H,2-9,14-17H2,1H3/t21?,22?,23-/m0/s1. The van der Waals surface area contributed by atoms with Gasteiger partial charge >= 0.3 is 5.97 Å². The van der Waals surface area contributed by atoms with Crippen molar-refractivity contribution in [3.63, 3.8) is 0 Å². The van der Waals surface area contributed by atoms with Gasteiger partial charge in [0.25, 0.3) is 0 Å². The molecule has 1 aromatic rings. The number of alkyl halides is 1. The van der Waals surface area contributed by atoms with E-state index in [9.17, 15) is 9.18 Å². The third-order valence-corrected chi connectivity index (χ3v) is 6.59. The summed E-state index contributed by atoms with van der Waals surface area (Å²) in [5.74, 6) is 0.802. The largest absolute Gasteiger partial charge is 0.460 e. The lowest BCUT2D eigenvalue weighted by molar-refractivity contribution is -0.156. The van der Waals surface area contributed by atoms with E-state index in [0.717, 1.165) is 31.6 Å². The molecular weight excluding hydrogens is 339 g/mol. The number of halogens is 1. The van der Waals surface area contributed by atoms with E-state index in [4.69, 9.17) is 4.74 Å². The predicted molar refractivity (Wildman–Crippen MR) is 108 cm³/mol. The Labute approximate surface area is 163 Å². The zero-order valence-corrected chi connectivity index (χ0v) is 16.8. The summed E-state index contributed by atoms with van der Waals surface area (Å²) < 4.78 is 18.7. The van der Waals surface area contributed by atoms with Crippen molar-refractivity contribution in [1.82, 2.24) is 0 Å². The van der Waals surface area contributed by atoms with Crippen molar-refractivity contribution in [2.75, 3.05) is 0 Å². The second-order valence-electron chi connectivity index (χ2n) is 8.57. The average Bonchev–Trinajstić information content (AvgIpc) is 2.73. The molecule has 0 bridgehead atoms. The molecule has 2 fully saturated rings. The van der Waals surface area contributed by atoms with Gasteiger partial charge in [-0.3, -0.25) is 0 Å². The number of rotatable bonds is 7. The molecule has 0 aliphatic heterocycles. The summed E-state index contributed by atoms with van der Waals surface area (Å²) in [6.45, 7) is 1.67. The third kappa shape index (κ3) is 6.05. The second kappa shape index (κ2) is 10.2. The summed E-state index contributed by atoms with van der Waals surface area (Å²) in [6.07, 6.45) is 12.0. The number of carbonyl (C=O) groups excluding carboxylic acids is 1. The summed E-state index contributed by atoms with van der Waals surface area (Å²) in [7, 11) is 0. The van der Waals surface area contributed by atoms with Gasteiger partial charge in [0.15, 0.2) is 6.17 Å². The number of ether oxygens (including phenoxy) is 1. The zero-order chi connectivity index (χ0) is 19.1. The van der Waals surface area contributed by atoms with Crippen LogP contribution < -0.4 is 0 Å². The molecule has 2 nitrogen and oxygen atoms in total. The third-order valence-electron chi connectivity index (χ3n) is 6.59. The van der Waals surface area contributed by atoms with Crippen LogP contribution in [0, 0.1) is 5.92 Å². The van der Waals surface area contributed by atoms with Gasteiger partial charge in [0, 0.05) is 0 Å². The van der Waals surface area contributed by atoms with Crippen LogP contribution >= 0.6 is 0 Å². The van der Waals surface area contributed by atoms with E-state index in [1.54, 1.807) is 6.92 Å². The van der Waals surface area contributed by atoms with E-state index in [1.165, 1.54) is 56.1 Å². The average molecular weight is 375 g/mol. The van der Waals surface area contributed by atoms with Crippen LogP contribution in [0.4, 0.5) is 4.39 Å². The molecule has 0 aromatic heterocycles. The molecule has 0 N–H and O–H groups in total. The monoisotopic (exact) mass is 374 g/mol. The van der Waals surface area contributed by atoms with Crippen molar-refractivity contribution in [3.8, 4) is 0 Å². The Bertz CT molecular complexity index is 569. The SMILES string of the molecule is CC[C@H](F)C(=O)OC1CCC(c2ccc(CCC3CCCCC3)cc2)CC1. The van der Waals surface area contributed by atoms with Crippen molar-refractivity contribution in [2.45, 2.75) is 102 Å². The van der Waals surface area contributed by atoms with Gasteiger partial charge in [-0.1, -0.05) is 63.3 Å². The molecule has 2 saturated carbocycles. The van der Waals surface area contributed by atoms with Crippen molar-refractivity contribution < 1.29 is 13.9 Å². The summed E-state index contributed by atoms with van der Waals surface area (Å²) in [4.78, 5) is 11.6. The van der Waals surface area contributed by atoms with Gasteiger partial charge in [-0.2, -0.15) is 0 Å². The maximum absolute atomic E-state index is 13.4. The van der Waals surface area contributed by atoms with Crippen molar-refractivity contribution in [1.29, 1.82) is 0 Å². The van der Waals surface area contributed by atoms with Crippen LogP contribution in [-0.4, -0.2) is 18.2 Å². The molecule has 0 heterocycles. The second-order valence-corrected chi connectivity index (χ2v) is 8.57. The van der Waals surface area contributed by atoms with E-state index in [-0.39, 0.29) is 12.5 Å². The van der Waals surface area contributed by atoms with Crippen LogP contribution in [0.5, 0.6) is 0 Å². The number of carbonyl (C=O) groups is 1. The quantitative estimate of drug-likeness (QED) is 0.508. The molecule has 150 valence electrons. The topological polar surface area (TPSA) is 26.3 Å². The molecule has 0 amide bonds. The van der Waals surface area contributed by atoms with Gasteiger partial charge in [0.1, 0.15) is 6.10 Å². The number of hydrogen-bond acceptors (Lipinski definition) is 2. The van der Waals surface area contributed by atoms with E-state index >= 15 is 0 Å². The summed E-state index contributed by atoms with van der Waals surface area (Å²) in [6, 6.07) is 9.20. The fourth-order valence-corrected chi connectivity index (χ4v) is 4.72. The maximum atomic E-state index is 13.4. The predicted octanol–water partition coefficient (Wildman–Crippen LogP) is 6.52. The molecule has 1 atom stereocenters. The first-order chi connectivity index (χ1) is 13.2. The Hall–Kier alpha value is -1.38. The lowest BCUT2D eigenvalue weighted by Crippen LogP contribution is -2.28. The van der Waals surface area contributed by atoms with Gasteiger partial charge in [0.05, 0.1) is 0 Å². The Morgan fingerprint density at radius 1 is 1.04 bits per heavy atom. The van der Waals surface area contributed by atoms with Crippen LogP contribution in [0.25, 0.3) is 0 Å². The normalized spacial score (nSPS) is 25.1. The molecule has 3 heteroatoms. The highest BCUT2D eigenvalue weighted by Gasteiger charge is 2.27. The lowest BCUT2D eigenvalue weighted by Gasteiger charge is -2.29. The minimum atomic E-state index is -1.47. The Morgan fingerprint density at radius 3 is 2.33 bits per heavy atom.